The van der Waals surface area contributed by atoms with Gasteiger partial charge in [-0.25, -0.2) is 4.98 Å². The van der Waals surface area contributed by atoms with E-state index in [4.69, 9.17) is 14.5 Å². The van der Waals surface area contributed by atoms with Crippen molar-refractivity contribution < 1.29 is 14.3 Å². The zero-order chi connectivity index (χ0) is 21.8. The summed E-state index contributed by atoms with van der Waals surface area (Å²) in [5.74, 6) is 0.677. The standard InChI is InChI=1S/C22H29N5O3S/c1-4-30-17-7-5-8-18-19(17)24-22(31-18)27(10-6-9-26-11-13-29-14-12-26)21(28)20-16(2)15-23-25(20)3/h5,7-8,15H,4,6,9-14H2,1-3H3. The van der Waals surface area contributed by atoms with Crippen LogP contribution >= 0.6 is 11.3 Å². The number of anilines is 1. The molecule has 0 spiro atoms. The highest BCUT2D eigenvalue weighted by molar-refractivity contribution is 7.22. The number of para-hydroxylation sites is 1. The first-order valence-electron chi connectivity index (χ1n) is 10.7. The monoisotopic (exact) mass is 443 g/mol. The zero-order valence-electron chi connectivity index (χ0n) is 18.3. The molecule has 8 nitrogen and oxygen atoms in total. The van der Waals surface area contributed by atoms with E-state index in [1.807, 2.05) is 32.0 Å². The Kier molecular flexibility index (Phi) is 6.84. The van der Waals surface area contributed by atoms with Crippen molar-refractivity contribution in [1.82, 2.24) is 19.7 Å². The van der Waals surface area contributed by atoms with Crippen LogP contribution in [0.2, 0.25) is 0 Å². The van der Waals surface area contributed by atoms with E-state index in [0.29, 0.717) is 24.0 Å². The smallest absolute Gasteiger partial charge is 0.278 e. The largest absolute Gasteiger partial charge is 0.492 e. The number of carbonyl (C=O) groups excluding carboxylic acids is 1. The van der Waals surface area contributed by atoms with E-state index in [2.05, 4.69) is 10.00 Å². The lowest BCUT2D eigenvalue weighted by Gasteiger charge is -2.27. The minimum absolute atomic E-state index is 0.0727. The molecule has 0 atom stereocenters. The zero-order valence-corrected chi connectivity index (χ0v) is 19.2. The lowest BCUT2D eigenvalue weighted by atomic mass is 10.2. The van der Waals surface area contributed by atoms with E-state index in [1.54, 1.807) is 22.8 Å². The van der Waals surface area contributed by atoms with Gasteiger partial charge in [0.1, 0.15) is 17.0 Å². The van der Waals surface area contributed by atoms with Crippen LogP contribution in [0.5, 0.6) is 5.75 Å². The van der Waals surface area contributed by atoms with Gasteiger partial charge < -0.3 is 9.47 Å². The molecule has 1 aliphatic heterocycles. The fraction of sp³-hybridized carbons (Fsp3) is 0.500. The van der Waals surface area contributed by atoms with Crippen molar-refractivity contribution in [2.75, 3.05) is 50.9 Å². The van der Waals surface area contributed by atoms with Crippen molar-refractivity contribution in [2.24, 2.45) is 7.05 Å². The molecule has 0 aliphatic carbocycles. The number of morpholine rings is 1. The third kappa shape index (κ3) is 4.73. The van der Waals surface area contributed by atoms with Crippen LogP contribution in [0.3, 0.4) is 0 Å². The molecule has 3 heterocycles. The number of fused-ring (bicyclic) bond motifs is 1. The number of ether oxygens (including phenoxy) is 2. The van der Waals surface area contributed by atoms with Crippen molar-refractivity contribution >= 4 is 32.6 Å². The minimum atomic E-state index is -0.0727. The van der Waals surface area contributed by atoms with E-state index < -0.39 is 0 Å². The number of amides is 1. The van der Waals surface area contributed by atoms with Gasteiger partial charge in [-0.05, 0) is 38.0 Å². The van der Waals surface area contributed by atoms with Gasteiger partial charge >= 0.3 is 0 Å². The second-order valence-corrected chi connectivity index (χ2v) is 8.61. The fourth-order valence-electron chi connectivity index (χ4n) is 3.84. The fourth-order valence-corrected chi connectivity index (χ4v) is 4.85. The number of carbonyl (C=O) groups is 1. The van der Waals surface area contributed by atoms with Crippen molar-refractivity contribution in [1.29, 1.82) is 0 Å². The number of thiazole rings is 1. The van der Waals surface area contributed by atoms with E-state index in [0.717, 1.165) is 60.8 Å². The van der Waals surface area contributed by atoms with Gasteiger partial charge in [-0.1, -0.05) is 17.4 Å². The molecule has 4 rings (SSSR count). The lowest BCUT2D eigenvalue weighted by Crippen LogP contribution is -2.39. The maximum atomic E-state index is 13.6. The molecule has 2 aromatic heterocycles. The normalized spacial score (nSPS) is 14.8. The SMILES string of the molecule is CCOc1cccc2sc(N(CCCN3CCOCC3)C(=O)c3c(C)cnn3C)nc12. The van der Waals surface area contributed by atoms with Crippen LogP contribution in [0.1, 0.15) is 29.4 Å². The molecule has 0 unspecified atom stereocenters. The van der Waals surface area contributed by atoms with E-state index in [-0.39, 0.29) is 5.91 Å². The van der Waals surface area contributed by atoms with Gasteiger partial charge in [0.05, 0.1) is 30.7 Å². The molecule has 0 saturated carbocycles. The lowest BCUT2D eigenvalue weighted by molar-refractivity contribution is 0.0376. The maximum Gasteiger partial charge on any atom is 0.278 e. The molecule has 3 aromatic rings. The average Bonchev–Trinajstić information content (AvgIpc) is 3.35. The number of aryl methyl sites for hydroxylation is 2. The summed E-state index contributed by atoms with van der Waals surface area (Å²) in [7, 11) is 1.80. The summed E-state index contributed by atoms with van der Waals surface area (Å²) in [4.78, 5) is 22.6. The molecular weight excluding hydrogens is 414 g/mol. The molecule has 1 amide bonds. The first-order chi connectivity index (χ1) is 15.1. The van der Waals surface area contributed by atoms with Crippen LogP contribution in [0.4, 0.5) is 5.13 Å². The summed E-state index contributed by atoms with van der Waals surface area (Å²) in [6, 6.07) is 5.90. The molecule has 1 fully saturated rings. The van der Waals surface area contributed by atoms with Gasteiger partial charge in [-0.15, -0.1) is 0 Å². The third-order valence-electron chi connectivity index (χ3n) is 5.43. The van der Waals surface area contributed by atoms with Crippen LogP contribution in [-0.2, 0) is 11.8 Å². The van der Waals surface area contributed by atoms with Crippen LogP contribution in [-0.4, -0.2) is 71.6 Å². The van der Waals surface area contributed by atoms with E-state index in [9.17, 15) is 4.79 Å². The van der Waals surface area contributed by atoms with E-state index in [1.165, 1.54) is 11.3 Å². The summed E-state index contributed by atoms with van der Waals surface area (Å²) in [6.45, 7) is 9.38. The topological polar surface area (TPSA) is 72.7 Å². The predicted octanol–water partition coefficient (Wildman–Crippen LogP) is 3.11. The molecule has 0 bridgehead atoms. The third-order valence-corrected chi connectivity index (χ3v) is 6.47. The van der Waals surface area contributed by atoms with Crippen molar-refractivity contribution in [2.45, 2.75) is 20.3 Å². The first-order valence-corrected chi connectivity index (χ1v) is 11.5. The molecular formula is C22H29N5O3S. The highest BCUT2D eigenvalue weighted by atomic mass is 32.1. The maximum absolute atomic E-state index is 13.6. The van der Waals surface area contributed by atoms with Crippen LogP contribution in [0.15, 0.2) is 24.4 Å². The summed E-state index contributed by atoms with van der Waals surface area (Å²) in [5, 5.41) is 4.95. The second-order valence-electron chi connectivity index (χ2n) is 7.60. The van der Waals surface area contributed by atoms with Gasteiger partial charge in [-0.3, -0.25) is 19.3 Å². The highest BCUT2D eigenvalue weighted by Gasteiger charge is 2.26. The van der Waals surface area contributed by atoms with Gasteiger partial charge in [0.2, 0.25) is 0 Å². The molecule has 1 saturated heterocycles. The molecule has 31 heavy (non-hydrogen) atoms. The number of aromatic nitrogens is 3. The Morgan fingerprint density at radius 2 is 2.13 bits per heavy atom. The molecule has 166 valence electrons. The van der Waals surface area contributed by atoms with Crippen molar-refractivity contribution in [3.8, 4) is 5.75 Å². The average molecular weight is 444 g/mol. The summed E-state index contributed by atoms with van der Waals surface area (Å²) >= 11 is 1.52. The highest BCUT2D eigenvalue weighted by Crippen LogP contribution is 2.35. The van der Waals surface area contributed by atoms with Crippen molar-refractivity contribution in [3.63, 3.8) is 0 Å². The Hall–Kier alpha value is -2.49. The van der Waals surface area contributed by atoms with Crippen molar-refractivity contribution in [3.05, 3.63) is 35.7 Å². The Morgan fingerprint density at radius 3 is 2.84 bits per heavy atom. The second kappa shape index (κ2) is 9.76. The molecule has 1 aromatic carbocycles. The number of hydrogen-bond acceptors (Lipinski definition) is 7. The molecule has 0 N–H and O–H groups in total. The van der Waals surface area contributed by atoms with Gasteiger partial charge in [0.15, 0.2) is 5.13 Å². The Morgan fingerprint density at radius 1 is 1.32 bits per heavy atom. The number of nitrogens with zero attached hydrogens (tertiary/aromatic N) is 5. The Balaban J connectivity index is 1.62. The van der Waals surface area contributed by atoms with Crippen LogP contribution < -0.4 is 9.64 Å². The summed E-state index contributed by atoms with van der Waals surface area (Å²) in [5.41, 5.74) is 2.26. The van der Waals surface area contributed by atoms with Gasteiger partial charge in [0.25, 0.3) is 5.91 Å². The Bertz CT molecular complexity index is 1020. The summed E-state index contributed by atoms with van der Waals surface area (Å²) in [6.07, 6.45) is 2.58. The van der Waals surface area contributed by atoms with Crippen LogP contribution in [0.25, 0.3) is 10.2 Å². The van der Waals surface area contributed by atoms with E-state index >= 15 is 0 Å². The quantitative estimate of drug-likeness (QED) is 0.533. The number of rotatable bonds is 8. The molecule has 9 heteroatoms. The van der Waals surface area contributed by atoms with Gasteiger partial charge in [-0.2, -0.15) is 5.10 Å². The number of benzene rings is 1. The predicted molar refractivity (Wildman–Crippen MR) is 122 cm³/mol. The summed E-state index contributed by atoms with van der Waals surface area (Å²) < 4.78 is 13.8. The minimum Gasteiger partial charge on any atom is -0.492 e. The van der Waals surface area contributed by atoms with Gasteiger partial charge in [0, 0.05) is 33.2 Å². The van der Waals surface area contributed by atoms with Crippen LogP contribution in [0, 0.1) is 6.92 Å². The molecule has 0 radical (unpaired) electrons. The number of hydrogen-bond donors (Lipinski definition) is 0. The first kappa shape index (κ1) is 21.7. The Labute approximate surface area is 186 Å². The molecule has 1 aliphatic rings.